The van der Waals surface area contributed by atoms with Crippen molar-refractivity contribution in [2.75, 3.05) is 0 Å². The van der Waals surface area contributed by atoms with E-state index < -0.39 is 0 Å². The minimum Gasteiger partial charge on any atom is -0.207 e. The molecule has 0 nitrogen and oxygen atoms in total. The van der Waals surface area contributed by atoms with Crippen LogP contribution in [0.1, 0.15) is 0 Å². The second kappa shape index (κ2) is 7.12. The molecule has 0 saturated carbocycles. The third-order valence-electron chi connectivity index (χ3n) is 2.61. The molecule has 0 saturated heterocycles. The Kier molecular flexibility index (Phi) is 4.88. The van der Waals surface area contributed by atoms with Gasteiger partial charge in [0.15, 0.2) is 0 Å². The maximum atomic E-state index is 11.9. The highest BCUT2D eigenvalue weighted by atomic mass is 19.1. The van der Waals surface area contributed by atoms with Gasteiger partial charge in [0.25, 0.3) is 0 Å². The van der Waals surface area contributed by atoms with Gasteiger partial charge in [0.05, 0.1) is 0 Å². The fraction of sp³-hybridized carbons (Fsp3) is 0. The van der Waals surface area contributed by atoms with Gasteiger partial charge in [0, 0.05) is 0 Å². The standard InChI is InChI=1S/C12H10.C6H5F/c1-3-7-11(8-4-1)12-9-5-2-6-10-12;7-6-4-2-1-3-5-6/h1-10H;1-5H. The first-order valence-electron chi connectivity index (χ1n) is 6.17. The van der Waals surface area contributed by atoms with E-state index in [0.717, 1.165) is 0 Å². The van der Waals surface area contributed by atoms with E-state index in [1.54, 1.807) is 18.2 Å². The molecule has 0 atom stereocenters. The van der Waals surface area contributed by atoms with Crippen molar-refractivity contribution in [3.8, 4) is 11.1 Å². The van der Waals surface area contributed by atoms with Crippen molar-refractivity contribution >= 4 is 0 Å². The van der Waals surface area contributed by atoms with Crippen LogP contribution < -0.4 is 0 Å². The molecule has 0 N–H and O–H groups in total. The minimum absolute atomic E-state index is 0.178. The molecule has 19 heavy (non-hydrogen) atoms. The van der Waals surface area contributed by atoms with E-state index in [4.69, 9.17) is 0 Å². The summed E-state index contributed by atoms with van der Waals surface area (Å²) in [6.07, 6.45) is 0. The lowest BCUT2D eigenvalue weighted by atomic mass is 10.1. The molecule has 3 rings (SSSR count). The van der Waals surface area contributed by atoms with Crippen LogP contribution in [0.25, 0.3) is 11.1 Å². The van der Waals surface area contributed by atoms with Crippen LogP contribution in [0.2, 0.25) is 0 Å². The number of hydrogen-bond donors (Lipinski definition) is 0. The largest absolute Gasteiger partial charge is 0.207 e. The van der Waals surface area contributed by atoms with Crippen LogP contribution >= 0.6 is 0 Å². The van der Waals surface area contributed by atoms with Crippen LogP contribution in [-0.2, 0) is 0 Å². The molecule has 94 valence electrons. The quantitative estimate of drug-likeness (QED) is 0.558. The normalized spacial score (nSPS) is 9.32. The summed E-state index contributed by atoms with van der Waals surface area (Å²) in [6, 6.07) is 28.7. The van der Waals surface area contributed by atoms with Crippen molar-refractivity contribution in [2.24, 2.45) is 0 Å². The number of benzene rings is 3. The molecular weight excluding hydrogens is 235 g/mol. The van der Waals surface area contributed by atoms with Crippen LogP contribution in [0.5, 0.6) is 0 Å². The fourth-order valence-electron chi connectivity index (χ4n) is 1.68. The Labute approximate surface area is 113 Å². The topological polar surface area (TPSA) is 0 Å². The maximum absolute atomic E-state index is 11.9. The van der Waals surface area contributed by atoms with Crippen molar-refractivity contribution in [3.63, 3.8) is 0 Å². The predicted molar refractivity (Wildman–Crippen MR) is 78.3 cm³/mol. The highest BCUT2D eigenvalue weighted by Gasteiger charge is 1.91. The molecule has 0 aliphatic rings. The zero-order chi connectivity index (χ0) is 13.3. The summed E-state index contributed by atoms with van der Waals surface area (Å²) in [4.78, 5) is 0. The molecule has 3 aromatic carbocycles. The van der Waals surface area contributed by atoms with Gasteiger partial charge < -0.3 is 0 Å². The van der Waals surface area contributed by atoms with Gasteiger partial charge in [-0.25, -0.2) is 4.39 Å². The smallest absolute Gasteiger partial charge is 0.123 e. The highest BCUT2D eigenvalue weighted by molar-refractivity contribution is 5.62. The molecule has 0 fully saturated rings. The molecule has 0 aliphatic heterocycles. The van der Waals surface area contributed by atoms with Gasteiger partial charge in [-0.15, -0.1) is 0 Å². The van der Waals surface area contributed by atoms with Crippen molar-refractivity contribution in [3.05, 3.63) is 96.8 Å². The molecule has 0 amide bonds. The second-order valence-corrected chi connectivity index (χ2v) is 4.03. The molecule has 0 aromatic heterocycles. The second-order valence-electron chi connectivity index (χ2n) is 4.03. The minimum atomic E-state index is -0.178. The van der Waals surface area contributed by atoms with E-state index in [1.165, 1.54) is 23.3 Å². The van der Waals surface area contributed by atoms with Crippen LogP contribution in [0, 0.1) is 5.82 Å². The summed E-state index contributed by atoms with van der Waals surface area (Å²) >= 11 is 0. The van der Waals surface area contributed by atoms with Crippen molar-refractivity contribution in [1.29, 1.82) is 0 Å². The average Bonchev–Trinajstić information content (AvgIpc) is 2.51. The van der Waals surface area contributed by atoms with Gasteiger partial charge in [-0.05, 0) is 23.3 Å². The third-order valence-corrected chi connectivity index (χ3v) is 2.61. The SMILES string of the molecule is Fc1ccccc1.c1ccc(-c2ccccc2)cc1. The molecule has 0 unspecified atom stereocenters. The summed E-state index contributed by atoms with van der Waals surface area (Å²) in [5.41, 5.74) is 2.55. The molecule has 0 bridgehead atoms. The Hall–Kier alpha value is -2.41. The van der Waals surface area contributed by atoms with Crippen molar-refractivity contribution in [1.82, 2.24) is 0 Å². The Morgan fingerprint density at radius 3 is 1.00 bits per heavy atom. The Morgan fingerprint density at radius 2 is 0.737 bits per heavy atom. The number of rotatable bonds is 1. The first kappa shape index (κ1) is 13.0. The van der Waals surface area contributed by atoms with Crippen molar-refractivity contribution in [2.45, 2.75) is 0 Å². The lowest BCUT2D eigenvalue weighted by Gasteiger charge is -1.98. The first-order valence-corrected chi connectivity index (χ1v) is 6.17. The monoisotopic (exact) mass is 250 g/mol. The molecule has 0 spiro atoms. The summed E-state index contributed by atoms with van der Waals surface area (Å²) in [5.74, 6) is -0.178. The summed E-state index contributed by atoms with van der Waals surface area (Å²) in [5, 5.41) is 0. The number of hydrogen-bond acceptors (Lipinski definition) is 0. The van der Waals surface area contributed by atoms with E-state index in [9.17, 15) is 4.39 Å². The molecule has 0 heterocycles. The molecule has 3 aromatic rings. The van der Waals surface area contributed by atoms with E-state index in [0.29, 0.717) is 0 Å². The summed E-state index contributed by atoms with van der Waals surface area (Å²) < 4.78 is 11.9. The average molecular weight is 250 g/mol. The summed E-state index contributed by atoms with van der Waals surface area (Å²) in [7, 11) is 0. The van der Waals surface area contributed by atoms with Crippen LogP contribution in [0.15, 0.2) is 91.0 Å². The molecular formula is C18H15F. The first-order chi connectivity index (χ1) is 9.36. The van der Waals surface area contributed by atoms with Gasteiger partial charge in [0.2, 0.25) is 0 Å². The maximum Gasteiger partial charge on any atom is 0.123 e. The van der Waals surface area contributed by atoms with E-state index in [1.807, 2.05) is 12.1 Å². The Morgan fingerprint density at radius 1 is 0.421 bits per heavy atom. The fourth-order valence-corrected chi connectivity index (χ4v) is 1.68. The van der Waals surface area contributed by atoms with E-state index >= 15 is 0 Å². The zero-order valence-electron chi connectivity index (χ0n) is 10.5. The van der Waals surface area contributed by atoms with E-state index in [-0.39, 0.29) is 5.82 Å². The van der Waals surface area contributed by atoms with Gasteiger partial charge in [0.1, 0.15) is 5.82 Å². The summed E-state index contributed by atoms with van der Waals surface area (Å²) in [6.45, 7) is 0. The van der Waals surface area contributed by atoms with Crippen LogP contribution in [0.3, 0.4) is 0 Å². The van der Waals surface area contributed by atoms with Gasteiger partial charge >= 0.3 is 0 Å². The van der Waals surface area contributed by atoms with Gasteiger partial charge in [-0.3, -0.25) is 0 Å². The molecule has 1 heteroatoms. The number of halogens is 1. The highest BCUT2D eigenvalue weighted by Crippen LogP contribution is 2.17. The lowest BCUT2D eigenvalue weighted by molar-refractivity contribution is 0.628. The molecule has 0 radical (unpaired) electrons. The third kappa shape index (κ3) is 4.40. The molecule has 0 aliphatic carbocycles. The Bertz CT molecular complexity index is 536. The van der Waals surface area contributed by atoms with Crippen LogP contribution in [-0.4, -0.2) is 0 Å². The lowest BCUT2D eigenvalue weighted by Crippen LogP contribution is -1.73. The van der Waals surface area contributed by atoms with E-state index in [2.05, 4.69) is 48.5 Å². The predicted octanol–water partition coefficient (Wildman–Crippen LogP) is 5.18. The van der Waals surface area contributed by atoms with Crippen LogP contribution in [0.4, 0.5) is 4.39 Å². The van der Waals surface area contributed by atoms with Gasteiger partial charge in [-0.1, -0.05) is 78.9 Å². The Balaban J connectivity index is 0.000000163. The van der Waals surface area contributed by atoms with Crippen molar-refractivity contribution < 1.29 is 4.39 Å². The zero-order valence-corrected chi connectivity index (χ0v) is 10.5. The van der Waals surface area contributed by atoms with Gasteiger partial charge in [-0.2, -0.15) is 0 Å².